The molecule has 3 N–H and O–H groups in total. The van der Waals surface area contributed by atoms with E-state index in [-0.39, 0.29) is 54.1 Å². The summed E-state index contributed by atoms with van der Waals surface area (Å²) in [7, 11) is 0. The first kappa shape index (κ1) is 19.2. The predicted octanol–water partition coefficient (Wildman–Crippen LogP) is 1.96. The van der Waals surface area contributed by atoms with Crippen LogP contribution >= 0.6 is 0 Å². The van der Waals surface area contributed by atoms with Crippen LogP contribution in [0.2, 0.25) is 0 Å². The second-order valence-electron chi connectivity index (χ2n) is 8.14. The summed E-state index contributed by atoms with van der Waals surface area (Å²) in [5, 5.41) is 8.10. The Morgan fingerprint density at radius 1 is 1.03 bits per heavy atom. The van der Waals surface area contributed by atoms with Crippen molar-refractivity contribution in [1.82, 2.24) is 10.2 Å². The zero-order chi connectivity index (χ0) is 20.7. The Labute approximate surface area is 168 Å². The van der Waals surface area contributed by atoms with Gasteiger partial charge in [-0.05, 0) is 50.3 Å². The van der Waals surface area contributed by atoms with Gasteiger partial charge < -0.3 is 16.0 Å². The maximum Gasteiger partial charge on any atom is 0.319 e. The molecule has 0 spiro atoms. The largest absolute Gasteiger partial charge is 0.336 e. The van der Waals surface area contributed by atoms with E-state index >= 15 is 0 Å². The van der Waals surface area contributed by atoms with Gasteiger partial charge in [0.15, 0.2) is 0 Å². The van der Waals surface area contributed by atoms with E-state index in [0.717, 1.165) is 11.3 Å². The van der Waals surface area contributed by atoms with Gasteiger partial charge in [0, 0.05) is 17.4 Å². The van der Waals surface area contributed by atoms with E-state index in [1.54, 1.807) is 24.3 Å². The highest BCUT2D eigenvalue weighted by Crippen LogP contribution is 2.52. The number of nitrogens with one attached hydrogen (secondary N) is 3. The van der Waals surface area contributed by atoms with Gasteiger partial charge in [-0.15, -0.1) is 0 Å². The molecule has 2 bridgehead atoms. The Bertz CT molecular complexity index is 880. The van der Waals surface area contributed by atoms with Crippen molar-refractivity contribution in [1.29, 1.82) is 0 Å². The summed E-state index contributed by atoms with van der Waals surface area (Å²) < 4.78 is 0. The predicted molar refractivity (Wildman–Crippen MR) is 107 cm³/mol. The van der Waals surface area contributed by atoms with Gasteiger partial charge in [-0.25, -0.2) is 4.79 Å². The van der Waals surface area contributed by atoms with E-state index in [1.807, 2.05) is 26.0 Å². The minimum atomic E-state index is -0.448. The van der Waals surface area contributed by atoms with Crippen LogP contribution in [-0.4, -0.2) is 41.2 Å². The van der Waals surface area contributed by atoms with E-state index in [2.05, 4.69) is 16.0 Å². The molecule has 1 aromatic rings. The number of carbonyl (C=O) groups is 4. The molecule has 8 heteroatoms. The molecule has 0 aromatic heterocycles. The van der Waals surface area contributed by atoms with Gasteiger partial charge in [-0.3, -0.25) is 19.3 Å². The first-order chi connectivity index (χ1) is 13.8. The van der Waals surface area contributed by atoms with Crippen molar-refractivity contribution in [2.24, 2.45) is 23.7 Å². The minimum Gasteiger partial charge on any atom is -0.336 e. The maximum atomic E-state index is 12.7. The third kappa shape index (κ3) is 3.62. The number of hydrogen-bond donors (Lipinski definition) is 3. The van der Waals surface area contributed by atoms with Crippen LogP contribution < -0.4 is 16.0 Å². The number of carbonyl (C=O) groups excluding carboxylic acids is 4. The van der Waals surface area contributed by atoms with Crippen molar-refractivity contribution < 1.29 is 19.2 Å². The van der Waals surface area contributed by atoms with Gasteiger partial charge in [-0.2, -0.15) is 0 Å². The molecule has 4 atom stereocenters. The summed E-state index contributed by atoms with van der Waals surface area (Å²) in [5.74, 6) is -1.31. The van der Waals surface area contributed by atoms with Gasteiger partial charge >= 0.3 is 6.03 Å². The molecule has 152 valence electrons. The van der Waals surface area contributed by atoms with Gasteiger partial charge in [0.1, 0.15) is 6.54 Å². The van der Waals surface area contributed by atoms with Crippen molar-refractivity contribution in [2.45, 2.75) is 26.3 Å². The van der Waals surface area contributed by atoms with E-state index in [1.165, 1.54) is 0 Å². The maximum absolute atomic E-state index is 12.7. The molecule has 29 heavy (non-hydrogen) atoms. The number of imide groups is 1. The molecule has 0 radical (unpaired) electrons. The van der Waals surface area contributed by atoms with Crippen molar-refractivity contribution in [2.75, 3.05) is 17.2 Å². The Balaban J connectivity index is 1.37. The number of rotatable bonds is 5. The third-order valence-electron chi connectivity index (χ3n) is 5.69. The third-order valence-corrected chi connectivity index (χ3v) is 5.69. The van der Waals surface area contributed by atoms with Crippen LogP contribution in [0, 0.1) is 23.7 Å². The lowest BCUT2D eigenvalue weighted by Gasteiger charge is -2.17. The van der Waals surface area contributed by atoms with Crippen LogP contribution in [0.1, 0.15) is 20.3 Å². The summed E-state index contributed by atoms with van der Waals surface area (Å²) in [4.78, 5) is 50.7. The van der Waals surface area contributed by atoms with Crippen LogP contribution in [0.25, 0.3) is 0 Å². The quantitative estimate of drug-likeness (QED) is 0.522. The molecule has 2 aliphatic carbocycles. The van der Waals surface area contributed by atoms with E-state index in [4.69, 9.17) is 0 Å². The molecular weight excluding hydrogens is 372 g/mol. The molecule has 5 amide bonds. The molecule has 1 heterocycles. The summed E-state index contributed by atoms with van der Waals surface area (Å²) in [5.41, 5.74) is 0.991. The molecule has 2 fully saturated rings. The fourth-order valence-corrected chi connectivity index (χ4v) is 4.57. The number of allylic oxidation sites excluding steroid dienone is 2. The van der Waals surface area contributed by atoms with Crippen molar-refractivity contribution in [3.8, 4) is 0 Å². The van der Waals surface area contributed by atoms with Gasteiger partial charge in [0.05, 0.1) is 11.8 Å². The summed E-state index contributed by atoms with van der Waals surface area (Å²) in [6.07, 6.45) is 4.90. The lowest BCUT2D eigenvalue weighted by atomic mass is 9.85. The topological polar surface area (TPSA) is 108 Å². The highest BCUT2D eigenvalue weighted by atomic mass is 16.2. The number of benzene rings is 1. The zero-order valence-electron chi connectivity index (χ0n) is 16.3. The summed E-state index contributed by atoms with van der Waals surface area (Å²) in [6, 6.07) is 6.35. The number of fused-ring (bicyclic) bond motifs is 5. The molecular formula is C21H24N4O4. The van der Waals surface area contributed by atoms with Gasteiger partial charge in [0.2, 0.25) is 17.7 Å². The molecule has 1 aliphatic heterocycles. The second kappa shape index (κ2) is 7.35. The molecule has 1 aromatic carbocycles. The van der Waals surface area contributed by atoms with Gasteiger partial charge in [-0.1, -0.05) is 18.2 Å². The Morgan fingerprint density at radius 3 is 2.21 bits per heavy atom. The Kier molecular flexibility index (Phi) is 4.86. The van der Waals surface area contributed by atoms with Crippen molar-refractivity contribution in [3.63, 3.8) is 0 Å². The summed E-state index contributed by atoms with van der Waals surface area (Å²) >= 11 is 0. The molecule has 3 aliphatic rings. The van der Waals surface area contributed by atoms with E-state index in [0.29, 0.717) is 11.4 Å². The van der Waals surface area contributed by atoms with Crippen LogP contribution in [-0.2, 0) is 14.4 Å². The number of likely N-dealkylation sites (tertiary alicyclic amines) is 1. The summed E-state index contributed by atoms with van der Waals surface area (Å²) in [6.45, 7) is 3.41. The fraction of sp³-hybridized carbons (Fsp3) is 0.429. The highest BCUT2D eigenvalue weighted by Gasteiger charge is 2.59. The van der Waals surface area contributed by atoms with E-state index < -0.39 is 5.91 Å². The lowest BCUT2D eigenvalue weighted by Crippen LogP contribution is -2.39. The van der Waals surface area contributed by atoms with Crippen LogP contribution in [0.5, 0.6) is 0 Å². The first-order valence-corrected chi connectivity index (χ1v) is 9.84. The molecule has 1 saturated carbocycles. The van der Waals surface area contributed by atoms with Crippen LogP contribution in [0.15, 0.2) is 36.4 Å². The minimum absolute atomic E-state index is 0.00153. The fourth-order valence-electron chi connectivity index (χ4n) is 4.57. The number of anilines is 2. The standard InChI is InChI=1S/C21H24N4O4/c1-11(2)22-21(29)24-15-5-3-4-14(9-15)23-16(26)10-25-19(27)17-12-6-7-13(8-12)18(17)20(25)28/h3-7,9,11-13,17-18H,8,10H2,1-2H3,(H,23,26)(H2,22,24,29)/t12-,13-,17-,18-/m0/s1. The number of hydrogen-bond acceptors (Lipinski definition) is 4. The van der Waals surface area contributed by atoms with E-state index in [9.17, 15) is 19.2 Å². The van der Waals surface area contributed by atoms with Crippen LogP contribution in [0.3, 0.4) is 0 Å². The smallest absolute Gasteiger partial charge is 0.319 e. The molecule has 0 unspecified atom stereocenters. The molecule has 8 nitrogen and oxygen atoms in total. The second-order valence-corrected chi connectivity index (χ2v) is 8.14. The highest BCUT2D eigenvalue weighted by molar-refractivity contribution is 6.09. The SMILES string of the molecule is CC(C)NC(=O)Nc1cccc(NC(=O)CN2C(=O)[C@@H]3[C@@H](C2=O)[C@H]2C=C[C@H]3C2)c1. The van der Waals surface area contributed by atoms with Crippen molar-refractivity contribution in [3.05, 3.63) is 36.4 Å². The average molecular weight is 396 g/mol. The zero-order valence-corrected chi connectivity index (χ0v) is 16.3. The molecule has 4 rings (SSSR count). The number of nitrogens with zero attached hydrogens (tertiary/aromatic N) is 1. The average Bonchev–Trinajstić information content (AvgIpc) is 3.31. The van der Waals surface area contributed by atoms with Crippen molar-refractivity contribution >= 4 is 35.1 Å². The number of amides is 5. The normalized spacial score (nSPS) is 26.8. The Morgan fingerprint density at radius 2 is 1.62 bits per heavy atom. The monoisotopic (exact) mass is 396 g/mol. The van der Waals surface area contributed by atoms with Crippen LogP contribution in [0.4, 0.5) is 16.2 Å². The first-order valence-electron chi connectivity index (χ1n) is 9.84. The molecule has 1 saturated heterocycles. The van der Waals surface area contributed by atoms with Gasteiger partial charge in [0.25, 0.3) is 0 Å². The Hall–Kier alpha value is -3.16. The lowest BCUT2D eigenvalue weighted by molar-refractivity contribution is -0.143. The number of urea groups is 1.